The highest BCUT2D eigenvalue weighted by molar-refractivity contribution is 5.74. The molecule has 15 heavy (non-hydrogen) atoms. The molecule has 1 saturated heterocycles. The molecule has 0 aromatic carbocycles. The summed E-state index contributed by atoms with van der Waals surface area (Å²) < 4.78 is 5.20. The Hall–Kier alpha value is -0.970. The third kappa shape index (κ3) is 3.27. The summed E-state index contributed by atoms with van der Waals surface area (Å²) in [6, 6.07) is 0. The van der Waals surface area contributed by atoms with Gasteiger partial charge in [0.05, 0.1) is 12.0 Å². The number of hydrogen-bond acceptors (Lipinski definition) is 4. The van der Waals surface area contributed by atoms with Crippen LogP contribution in [0, 0.1) is 16.2 Å². The highest BCUT2D eigenvalue weighted by atomic mass is 16.5. The first kappa shape index (κ1) is 12.1. The molecule has 0 radical (unpaired) electrons. The molecule has 1 fully saturated rings. The van der Waals surface area contributed by atoms with E-state index < -0.39 is 11.4 Å². The maximum Gasteiger partial charge on any atom is 0.311 e. The third-order valence-corrected chi connectivity index (χ3v) is 3.01. The Morgan fingerprint density at radius 1 is 1.53 bits per heavy atom. The number of carboxylic acid groups (broad SMARTS) is 1. The van der Waals surface area contributed by atoms with Crippen LogP contribution in [-0.2, 0) is 9.53 Å². The van der Waals surface area contributed by atoms with Crippen LogP contribution in [-0.4, -0.2) is 30.8 Å². The quantitative estimate of drug-likeness (QED) is 0.707. The number of ether oxygens (including phenoxy) is 1. The Labute approximate surface area is 88.8 Å². The second-order valence-corrected chi connectivity index (χ2v) is 4.41. The first-order valence-corrected chi connectivity index (χ1v) is 5.19. The smallest absolute Gasteiger partial charge is 0.311 e. The Bertz CT molecular complexity index is 238. The number of hydrogen-bond donors (Lipinski definition) is 1. The molecule has 0 amide bonds. The van der Waals surface area contributed by atoms with Crippen molar-refractivity contribution in [2.45, 2.75) is 26.2 Å². The predicted octanol–water partition coefficient (Wildman–Crippen LogP) is 1.66. The van der Waals surface area contributed by atoms with E-state index in [1.807, 2.05) is 0 Å². The van der Waals surface area contributed by atoms with E-state index in [1.165, 1.54) is 0 Å². The summed E-state index contributed by atoms with van der Waals surface area (Å²) in [5.41, 5.74) is -1.01. The number of aliphatic carboxylic acids is 1. The second kappa shape index (κ2) is 5.21. The third-order valence-electron chi connectivity index (χ3n) is 3.01. The van der Waals surface area contributed by atoms with Crippen LogP contribution in [0.5, 0.6) is 0 Å². The summed E-state index contributed by atoms with van der Waals surface area (Å²) in [4.78, 5) is 21.3. The number of rotatable bonds is 5. The van der Waals surface area contributed by atoms with Crippen molar-refractivity contribution < 1.29 is 14.6 Å². The molecule has 0 saturated carbocycles. The minimum atomic E-state index is -1.01. The molecule has 5 nitrogen and oxygen atoms in total. The Morgan fingerprint density at radius 3 is 2.60 bits per heavy atom. The number of carboxylic acids is 1. The van der Waals surface area contributed by atoms with E-state index in [9.17, 15) is 9.70 Å². The first-order chi connectivity index (χ1) is 7.08. The van der Waals surface area contributed by atoms with Crippen molar-refractivity contribution in [1.82, 2.24) is 0 Å². The molecule has 0 aromatic heterocycles. The monoisotopic (exact) mass is 215 g/mol. The first-order valence-electron chi connectivity index (χ1n) is 5.19. The largest absolute Gasteiger partial charge is 0.481 e. The molecular formula is C10H17NO4. The molecule has 0 aromatic rings. The van der Waals surface area contributed by atoms with Crippen molar-refractivity contribution in [2.75, 3.05) is 19.8 Å². The van der Waals surface area contributed by atoms with E-state index >= 15 is 0 Å². The van der Waals surface area contributed by atoms with Crippen LogP contribution in [0.4, 0.5) is 0 Å². The average Bonchev–Trinajstić information content (AvgIpc) is 2.19. The summed E-state index contributed by atoms with van der Waals surface area (Å²) >= 11 is 0. The van der Waals surface area contributed by atoms with E-state index in [1.54, 1.807) is 6.92 Å². The molecule has 0 bridgehead atoms. The molecule has 0 aliphatic carbocycles. The van der Waals surface area contributed by atoms with Gasteiger partial charge in [-0.25, -0.2) is 0 Å². The van der Waals surface area contributed by atoms with E-state index in [0.29, 0.717) is 25.6 Å². The Morgan fingerprint density at radius 2 is 2.13 bits per heavy atom. The predicted molar refractivity (Wildman–Crippen MR) is 54.6 cm³/mol. The van der Waals surface area contributed by atoms with Crippen LogP contribution in [0.25, 0.3) is 0 Å². The van der Waals surface area contributed by atoms with Crippen molar-refractivity contribution in [3.63, 3.8) is 0 Å². The minimum Gasteiger partial charge on any atom is -0.481 e. The highest BCUT2D eigenvalue weighted by Crippen LogP contribution is 2.32. The van der Waals surface area contributed by atoms with Gasteiger partial charge in [0.25, 0.3) is 0 Å². The molecule has 1 atom stereocenters. The van der Waals surface area contributed by atoms with Crippen LogP contribution in [0.1, 0.15) is 26.2 Å². The number of carbonyl (C=O) groups is 1. The van der Waals surface area contributed by atoms with Crippen LogP contribution >= 0.6 is 0 Å². The van der Waals surface area contributed by atoms with Gasteiger partial charge in [0.1, 0.15) is 0 Å². The zero-order valence-electron chi connectivity index (χ0n) is 8.94. The Kier molecular flexibility index (Phi) is 4.20. The van der Waals surface area contributed by atoms with Crippen LogP contribution in [0.15, 0.2) is 5.18 Å². The van der Waals surface area contributed by atoms with Gasteiger partial charge in [-0.05, 0) is 32.1 Å². The second-order valence-electron chi connectivity index (χ2n) is 4.41. The molecule has 1 aliphatic rings. The summed E-state index contributed by atoms with van der Waals surface area (Å²) in [6.07, 6.45) is 2.26. The van der Waals surface area contributed by atoms with Crippen molar-refractivity contribution in [2.24, 2.45) is 16.5 Å². The lowest BCUT2D eigenvalue weighted by Gasteiger charge is -2.29. The standard InChI is InChI=1S/C10H17NO4/c1-10(7-11-14,9(12)13)6-8-2-4-15-5-3-8/h8H,2-7H2,1H3,(H,12,13). The zero-order valence-corrected chi connectivity index (χ0v) is 8.94. The molecule has 0 spiro atoms. The molecule has 1 rings (SSSR count). The van der Waals surface area contributed by atoms with Gasteiger partial charge in [0, 0.05) is 13.2 Å². The summed E-state index contributed by atoms with van der Waals surface area (Å²) in [5.74, 6) is -0.602. The molecule has 1 aliphatic heterocycles. The maximum absolute atomic E-state index is 11.1. The number of nitroso groups, excluding NO2 is 1. The fourth-order valence-electron chi connectivity index (χ4n) is 1.95. The van der Waals surface area contributed by atoms with Crippen LogP contribution < -0.4 is 0 Å². The van der Waals surface area contributed by atoms with Gasteiger partial charge in [-0.15, -0.1) is 0 Å². The fourth-order valence-corrected chi connectivity index (χ4v) is 1.95. The highest BCUT2D eigenvalue weighted by Gasteiger charge is 2.36. The summed E-state index contributed by atoms with van der Waals surface area (Å²) in [6.45, 7) is 2.82. The van der Waals surface area contributed by atoms with Gasteiger partial charge in [-0.1, -0.05) is 5.18 Å². The molecule has 5 heteroatoms. The maximum atomic E-state index is 11.1. The zero-order chi connectivity index (χ0) is 11.3. The van der Waals surface area contributed by atoms with Gasteiger partial charge in [0.2, 0.25) is 0 Å². The lowest BCUT2D eigenvalue weighted by Crippen LogP contribution is -2.34. The average molecular weight is 215 g/mol. The number of nitrogens with zero attached hydrogens (tertiary/aromatic N) is 1. The lowest BCUT2D eigenvalue weighted by molar-refractivity contribution is -0.148. The van der Waals surface area contributed by atoms with Gasteiger partial charge < -0.3 is 9.84 Å². The molecule has 1 unspecified atom stereocenters. The van der Waals surface area contributed by atoms with Crippen molar-refractivity contribution in [3.8, 4) is 0 Å². The lowest BCUT2D eigenvalue weighted by atomic mass is 9.78. The van der Waals surface area contributed by atoms with Crippen molar-refractivity contribution >= 4 is 5.97 Å². The molecular weight excluding hydrogens is 198 g/mol. The Balaban J connectivity index is 2.56. The molecule has 86 valence electrons. The van der Waals surface area contributed by atoms with E-state index in [2.05, 4.69) is 5.18 Å². The van der Waals surface area contributed by atoms with E-state index in [-0.39, 0.29) is 6.54 Å². The topological polar surface area (TPSA) is 76.0 Å². The van der Waals surface area contributed by atoms with Gasteiger partial charge >= 0.3 is 5.97 Å². The van der Waals surface area contributed by atoms with Crippen molar-refractivity contribution in [3.05, 3.63) is 4.91 Å². The van der Waals surface area contributed by atoms with Gasteiger partial charge in [-0.2, -0.15) is 4.91 Å². The van der Waals surface area contributed by atoms with Gasteiger partial charge in [0.15, 0.2) is 0 Å². The van der Waals surface area contributed by atoms with E-state index in [0.717, 1.165) is 12.8 Å². The molecule has 1 N–H and O–H groups in total. The van der Waals surface area contributed by atoms with Crippen LogP contribution in [0.3, 0.4) is 0 Å². The van der Waals surface area contributed by atoms with Crippen molar-refractivity contribution in [1.29, 1.82) is 0 Å². The fraction of sp³-hybridized carbons (Fsp3) is 0.900. The minimum absolute atomic E-state index is 0.153. The van der Waals surface area contributed by atoms with Crippen LogP contribution in [0.2, 0.25) is 0 Å². The van der Waals surface area contributed by atoms with E-state index in [4.69, 9.17) is 9.84 Å². The SMILES string of the molecule is CC(CN=O)(CC1CCOCC1)C(=O)O. The summed E-state index contributed by atoms with van der Waals surface area (Å²) in [5, 5.41) is 11.8. The summed E-state index contributed by atoms with van der Waals surface area (Å²) in [7, 11) is 0. The van der Waals surface area contributed by atoms with Gasteiger partial charge in [-0.3, -0.25) is 4.79 Å². The normalized spacial score (nSPS) is 21.9. The molecule has 1 heterocycles.